The van der Waals surface area contributed by atoms with Crippen LogP contribution < -0.4 is 15.5 Å². The van der Waals surface area contributed by atoms with Crippen LogP contribution in [0.15, 0.2) is 53.6 Å². The molecule has 2 N–H and O–H groups in total. The summed E-state index contributed by atoms with van der Waals surface area (Å²) in [6.45, 7) is 6.00. The van der Waals surface area contributed by atoms with E-state index in [0.717, 1.165) is 35.3 Å². The molecule has 0 fully saturated rings. The zero-order valence-corrected chi connectivity index (χ0v) is 22.7. The number of fused-ring (bicyclic) bond motifs is 1. The quantitative estimate of drug-likeness (QED) is 0.146. The number of nitrogens with one attached hydrogen (secondary N) is 2. The third kappa shape index (κ3) is 6.97. The van der Waals surface area contributed by atoms with E-state index in [4.69, 9.17) is 9.47 Å². The Morgan fingerprint density at radius 2 is 1.74 bits per heavy atom. The van der Waals surface area contributed by atoms with Gasteiger partial charge in [0, 0.05) is 4.88 Å². The van der Waals surface area contributed by atoms with Crippen molar-refractivity contribution in [1.29, 1.82) is 0 Å². The molecule has 1 aromatic heterocycles. The number of esters is 2. The number of nitrogens with zero attached hydrogens (tertiary/aromatic N) is 1. The van der Waals surface area contributed by atoms with Gasteiger partial charge < -0.3 is 14.8 Å². The van der Waals surface area contributed by atoms with E-state index in [-0.39, 0.29) is 6.61 Å². The van der Waals surface area contributed by atoms with E-state index in [1.54, 1.807) is 43.3 Å². The van der Waals surface area contributed by atoms with Crippen LogP contribution in [0.2, 0.25) is 0 Å². The predicted octanol–water partition coefficient (Wildman–Crippen LogP) is 4.67. The average molecular weight is 548 g/mol. The minimum atomic E-state index is -0.982. The SMILES string of the molecule is CCOC(=O)c1c(NC(=O)C(=O)N/N=C\c2ccc(OC(=O)c3ccc(C)cc3)cc2)sc2c1CC[C@H](C)C2. The van der Waals surface area contributed by atoms with Crippen LogP contribution in [0.5, 0.6) is 5.75 Å². The molecule has 1 atom stereocenters. The van der Waals surface area contributed by atoms with Crippen molar-refractivity contribution in [3.05, 3.63) is 81.2 Å². The highest BCUT2D eigenvalue weighted by Gasteiger charge is 2.30. The summed E-state index contributed by atoms with van der Waals surface area (Å²) in [6, 6.07) is 13.5. The Kier molecular flexibility index (Phi) is 8.88. The molecule has 1 aliphatic rings. The maximum atomic E-state index is 12.6. The molecule has 2 amide bonds. The fourth-order valence-electron chi connectivity index (χ4n) is 4.11. The summed E-state index contributed by atoms with van der Waals surface area (Å²) >= 11 is 1.30. The van der Waals surface area contributed by atoms with E-state index < -0.39 is 23.8 Å². The number of carbonyl (C=O) groups is 4. The molecule has 39 heavy (non-hydrogen) atoms. The van der Waals surface area contributed by atoms with Gasteiger partial charge in [-0.15, -0.1) is 11.3 Å². The Labute approximate surface area is 230 Å². The second kappa shape index (κ2) is 12.5. The van der Waals surface area contributed by atoms with Gasteiger partial charge >= 0.3 is 23.8 Å². The highest BCUT2D eigenvalue weighted by atomic mass is 32.1. The first-order valence-corrected chi connectivity index (χ1v) is 13.4. The van der Waals surface area contributed by atoms with Crippen LogP contribution in [0.1, 0.15) is 62.6 Å². The lowest BCUT2D eigenvalue weighted by atomic mass is 9.88. The molecule has 0 aliphatic heterocycles. The van der Waals surface area contributed by atoms with Gasteiger partial charge in [0.2, 0.25) is 0 Å². The molecule has 10 heteroatoms. The number of aryl methyl sites for hydroxylation is 1. The van der Waals surface area contributed by atoms with Crippen molar-refractivity contribution in [2.75, 3.05) is 11.9 Å². The van der Waals surface area contributed by atoms with Gasteiger partial charge in [-0.3, -0.25) is 9.59 Å². The van der Waals surface area contributed by atoms with E-state index in [9.17, 15) is 19.2 Å². The molecular weight excluding hydrogens is 518 g/mol. The molecule has 0 bridgehead atoms. The Bertz CT molecular complexity index is 1410. The van der Waals surface area contributed by atoms with Crippen LogP contribution in [-0.4, -0.2) is 36.6 Å². The zero-order chi connectivity index (χ0) is 27.9. The van der Waals surface area contributed by atoms with Crippen molar-refractivity contribution in [3.8, 4) is 5.75 Å². The minimum Gasteiger partial charge on any atom is -0.462 e. The molecule has 0 spiro atoms. The Morgan fingerprint density at radius 3 is 2.44 bits per heavy atom. The summed E-state index contributed by atoms with van der Waals surface area (Å²) in [4.78, 5) is 50.8. The van der Waals surface area contributed by atoms with Gasteiger partial charge in [0.25, 0.3) is 0 Å². The normalized spacial score (nSPS) is 14.4. The summed E-state index contributed by atoms with van der Waals surface area (Å²) in [5.74, 6) is -2.08. The van der Waals surface area contributed by atoms with Gasteiger partial charge in [-0.05, 0) is 86.6 Å². The Hall–Kier alpha value is -4.31. The van der Waals surface area contributed by atoms with Crippen molar-refractivity contribution in [2.24, 2.45) is 11.0 Å². The number of ether oxygens (including phenoxy) is 2. The number of hydrazone groups is 1. The molecule has 4 rings (SSSR count). The van der Waals surface area contributed by atoms with Gasteiger partial charge in [-0.1, -0.05) is 24.6 Å². The maximum Gasteiger partial charge on any atom is 0.343 e. The number of amides is 2. The van der Waals surface area contributed by atoms with Gasteiger partial charge in [-0.2, -0.15) is 5.10 Å². The Morgan fingerprint density at radius 1 is 1.03 bits per heavy atom. The number of carbonyl (C=O) groups excluding carboxylic acids is 4. The summed E-state index contributed by atoms with van der Waals surface area (Å²) in [5, 5.41) is 6.70. The van der Waals surface area contributed by atoms with Gasteiger partial charge in [0.15, 0.2) is 0 Å². The first-order valence-electron chi connectivity index (χ1n) is 12.6. The molecule has 2 aromatic carbocycles. The van der Waals surface area contributed by atoms with Crippen LogP contribution in [0.4, 0.5) is 5.00 Å². The van der Waals surface area contributed by atoms with Gasteiger partial charge in [0.05, 0.1) is 23.9 Å². The smallest absolute Gasteiger partial charge is 0.343 e. The van der Waals surface area contributed by atoms with E-state index >= 15 is 0 Å². The highest BCUT2D eigenvalue weighted by molar-refractivity contribution is 7.17. The van der Waals surface area contributed by atoms with Crippen LogP contribution in [0.25, 0.3) is 0 Å². The van der Waals surface area contributed by atoms with E-state index in [2.05, 4.69) is 22.8 Å². The van der Waals surface area contributed by atoms with Crippen molar-refractivity contribution in [3.63, 3.8) is 0 Å². The molecule has 0 unspecified atom stereocenters. The summed E-state index contributed by atoms with van der Waals surface area (Å²) in [7, 11) is 0. The van der Waals surface area contributed by atoms with Crippen LogP contribution in [0, 0.1) is 12.8 Å². The lowest BCUT2D eigenvalue weighted by molar-refractivity contribution is -0.136. The number of benzene rings is 2. The molecule has 202 valence electrons. The van der Waals surface area contributed by atoms with Crippen molar-refractivity contribution >= 4 is 46.3 Å². The maximum absolute atomic E-state index is 12.6. The summed E-state index contributed by atoms with van der Waals surface area (Å²) in [5.41, 5.74) is 5.50. The van der Waals surface area contributed by atoms with Crippen LogP contribution >= 0.6 is 11.3 Å². The topological polar surface area (TPSA) is 123 Å². The van der Waals surface area contributed by atoms with E-state index in [1.165, 1.54) is 17.6 Å². The van der Waals surface area contributed by atoms with Crippen LogP contribution in [-0.2, 0) is 27.2 Å². The van der Waals surface area contributed by atoms with Gasteiger partial charge in [-0.25, -0.2) is 15.0 Å². The van der Waals surface area contributed by atoms with Gasteiger partial charge in [0.1, 0.15) is 10.8 Å². The molecule has 3 aromatic rings. The molecule has 0 saturated carbocycles. The first-order chi connectivity index (χ1) is 18.7. The Balaban J connectivity index is 1.34. The first kappa shape index (κ1) is 27.7. The van der Waals surface area contributed by atoms with E-state index in [0.29, 0.717) is 33.4 Å². The fraction of sp³-hybridized carbons (Fsp3) is 0.276. The number of hydrogen-bond acceptors (Lipinski definition) is 8. The number of hydrogen-bond donors (Lipinski definition) is 2. The highest BCUT2D eigenvalue weighted by Crippen LogP contribution is 2.40. The van der Waals surface area contributed by atoms with Crippen molar-refractivity contribution in [1.82, 2.24) is 5.43 Å². The number of anilines is 1. The fourth-order valence-corrected chi connectivity index (χ4v) is 5.51. The summed E-state index contributed by atoms with van der Waals surface area (Å²) < 4.78 is 10.6. The van der Waals surface area contributed by atoms with E-state index in [1.807, 2.05) is 19.1 Å². The van der Waals surface area contributed by atoms with Crippen molar-refractivity contribution < 1.29 is 28.7 Å². The average Bonchev–Trinajstić information content (AvgIpc) is 3.26. The summed E-state index contributed by atoms with van der Waals surface area (Å²) in [6.07, 6.45) is 3.82. The molecule has 9 nitrogen and oxygen atoms in total. The second-order valence-electron chi connectivity index (χ2n) is 9.25. The third-order valence-corrected chi connectivity index (χ3v) is 7.35. The lowest BCUT2D eigenvalue weighted by Crippen LogP contribution is -2.32. The second-order valence-corrected chi connectivity index (χ2v) is 10.4. The lowest BCUT2D eigenvalue weighted by Gasteiger charge is -2.18. The predicted molar refractivity (Wildman–Crippen MR) is 148 cm³/mol. The van der Waals surface area contributed by atoms with Crippen molar-refractivity contribution in [2.45, 2.75) is 40.0 Å². The minimum absolute atomic E-state index is 0.207. The van der Waals surface area contributed by atoms with Crippen LogP contribution in [0.3, 0.4) is 0 Å². The third-order valence-electron chi connectivity index (χ3n) is 6.18. The molecule has 0 radical (unpaired) electrons. The number of thiophene rings is 1. The standard InChI is InChI=1S/C29H29N3O6S/c1-4-37-29(36)24-22-14-7-18(3)15-23(22)39-27(24)31-25(33)26(34)32-30-16-19-8-12-21(13-9-19)38-28(35)20-10-5-17(2)6-11-20/h5-6,8-13,16,18H,4,7,14-15H2,1-3H3,(H,31,33)(H,32,34)/b30-16-/t18-/m0/s1. The molecule has 1 aliphatic carbocycles. The molecule has 0 saturated heterocycles. The zero-order valence-electron chi connectivity index (χ0n) is 21.9. The molecular formula is C29H29N3O6S. The molecule has 1 heterocycles. The largest absolute Gasteiger partial charge is 0.462 e. The monoisotopic (exact) mass is 547 g/mol. The number of rotatable bonds is 7.